The Bertz CT molecular complexity index is 1000. The quantitative estimate of drug-likeness (QED) is 0.667. The molecule has 0 aliphatic carbocycles. The van der Waals surface area contributed by atoms with E-state index in [9.17, 15) is 4.79 Å². The van der Waals surface area contributed by atoms with Gasteiger partial charge in [0.2, 0.25) is 11.7 Å². The summed E-state index contributed by atoms with van der Waals surface area (Å²) >= 11 is 0. The molecule has 2 amide bonds. The number of hydrogen-bond acceptors (Lipinski definition) is 6. The van der Waals surface area contributed by atoms with Gasteiger partial charge in [0.1, 0.15) is 17.5 Å². The third kappa shape index (κ3) is 4.22. The average Bonchev–Trinajstić information content (AvgIpc) is 3.47. The summed E-state index contributed by atoms with van der Waals surface area (Å²) in [5.41, 5.74) is 1.80. The number of amides is 2. The Morgan fingerprint density at radius 2 is 1.97 bits per heavy atom. The fourth-order valence-corrected chi connectivity index (χ4v) is 3.56. The molecule has 2 aromatic carbocycles. The maximum absolute atomic E-state index is 12.8. The van der Waals surface area contributed by atoms with Crippen LogP contribution in [0.1, 0.15) is 30.3 Å². The molecule has 30 heavy (non-hydrogen) atoms. The van der Waals surface area contributed by atoms with Crippen LogP contribution in [0.5, 0.6) is 11.5 Å². The Hall–Kier alpha value is -3.55. The highest BCUT2D eigenvalue weighted by Gasteiger charge is 2.34. The summed E-state index contributed by atoms with van der Waals surface area (Å²) in [7, 11) is 3.24. The van der Waals surface area contributed by atoms with Crippen LogP contribution in [0.4, 0.5) is 4.79 Å². The predicted molar refractivity (Wildman–Crippen MR) is 110 cm³/mol. The lowest BCUT2D eigenvalue weighted by molar-refractivity contribution is 0.180. The number of rotatable bonds is 6. The van der Waals surface area contributed by atoms with Gasteiger partial charge in [0, 0.05) is 18.7 Å². The largest absolute Gasteiger partial charge is 0.497 e. The van der Waals surface area contributed by atoms with E-state index in [0.717, 1.165) is 35.5 Å². The Balaban J connectivity index is 1.42. The van der Waals surface area contributed by atoms with Crippen molar-refractivity contribution in [1.29, 1.82) is 0 Å². The molecule has 1 atom stereocenters. The standard InChI is InChI=1S/C22H24N4O4/c1-28-17-10-8-16(9-11-17)20-24-21(30-25-20)19-7-4-12-26(19)22(27)23-14-15-5-3-6-18(13-15)29-2/h3,5-6,8-11,13,19H,4,7,12,14H2,1-2H3,(H,23,27)/t19-/m0/s1. The van der Waals surface area contributed by atoms with Crippen LogP contribution in [-0.2, 0) is 6.54 Å². The maximum atomic E-state index is 12.8. The molecule has 4 rings (SSSR count). The zero-order valence-electron chi connectivity index (χ0n) is 17.0. The third-order valence-corrected chi connectivity index (χ3v) is 5.17. The lowest BCUT2D eigenvalue weighted by atomic mass is 10.2. The first kappa shape index (κ1) is 19.8. The van der Waals surface area contributed by atoms with Crippen molar-refractivity contribution < 1.29 is 18.8 Å². The molecule has 2 heterocycles. The second-order valence-electron chi connectivity index (χ2n) is 7.05. The average molecular weight is 408 g/mol. The van der Waals surface area contributed by atoms with Gasteiger partial charge in [-0.3, -0.25) is 0 Å². The van der Waals surface area contributed by atoms with Gasteiger partial charge in [-0.05, 0) is 54.8 Å². The molecule has 0 bridgehead atoms. The van der Waals surface area contributed by atoms with Gasteiger partial charge in [0.25, 0.3) is 0 Å². The lowest BCUT2D eigenvalue weighted by Crippen LogP contribution is -2.39. The highest BCUT2D eigenvalue weighted by molar-refractivity contribution is 5.75. The van der Waals surface area contributed by atoms with Crippen molar-refractivity contribution in [2.24, 2.45) is 0 Å². The number of aromatic nitrogens is 2. The van der Waals surface area contributed by atoms with Gasteiger partial charge in [0.15, 0.2) is 0 Å². The van der Waals surface area contributed by atoms with Gasteiger partial charge >= 0.3 is 6.03 Å². The molecule has 1 N–H and O–H groups in total. The third-order valence-electron chi connectivity index (χ3n) is 5.17. The van der Waals surface area contributed by atoms with Crippen molar-refractivity contribution in [3.8, 4) is 22.9 Å². The number of likely N-dealkylation sites (tertiary alicyclic amines) is 1. The summed E-state index contributed by atoms with van der Waals surface area (Å²) in [5, 5.41) is 7.06. The molecule has 1 aromatic heterocycles. The number of hydrogen-bond donors (Lipinski definition) is 1. The van der Waals surface area contributed by atoms with Crippen LogP contribution in [0, 0.1) is 0 Å². The summed E-state index contributed by atoms with van der Waals surface area (Å²) in [6.07, 6.45) is 1.67. The summed E-state index contributed by atoms with van der Waals surface area (Å²) < 4.78 is 15.9. The van der Waals surface area contributed by atoms with Gasteiger partial charge in [0.05, 0.1) is 14.2 Å². The van der Waals surface area contributed by atoms with E-state index in [1.807, 2.05) is 48.5 Å². The van der Waals surface area contributed by atoms with Crippen molar-refractivity contribution in [2.75, 3.05) is 20.8 Å². The van der Waals surface area contributed by atoms with Gasteiger partial charge in [-0.2, -0.15) is 4.98 Å². The predicted octanol–water partition coefficient (Wildman–Crippen LogP) is 3.80. The molecule has 1 fully saturated rings. The summed E-state index contributed by atoms with van der Waals surface area (Å²) in [6.45, 7) is 1.06. The molecule has 1 aliphatic heterocycles. The first-order valence-electron chi connectivity index (χ1n) is 9.83. The molecular weight excluding hydrogens is 384 g/mol. The monoisotopic (exact) mass is 408 g/mol. The number of urea groups is 1. The molecule has 1 aliphatic rings. The van der Waals surface area contributed by atoms with Crippen molar-refractivity contribution in [2.45, 2.75) is 25.4 Å². The number of benzene rings is 2. The van der Waals surface area contributed by atoms with Crippen LogP contribution < -0.4 is 14.8 Å². The van der Waals surface area contributed by atoms with E-state index in [1.54, 1.807) is 19.1 Å². The van der Waals surface area contributed by atoms with Crippen LogP contribution in [0.15, 0.2) is 53.1 Å². The van der Waals surface area contributed by atoms with E-state index in [0.29, 0.717) is 24.8 Å². The molecule has 8 heteroatoms. The van der Waals surface area contributed by atoms with E-state index in [2.05, 4.69) is 15.5 Å². The van der Waals surface area contributed by atoms with Crippen molar-refractivity contribution >= 4 is 6.03 Å². The fourth-order valence-electron chi connectivity index (χ4n) is 3.56. The van der Waals surface area contributed by atoms with E-state index < -0.39 is 0 Å². The van der Waals surface area contributed by atoms with Crippen molar-refractivity contribution in [3.05, 3.63) is 60.0 Å². The SMILES string of the molecule is COc1ccc(-c2noc([C@@H]3CCCN3C(=O)NCc3cccc(OC)c3)n2)cc1. The minimum absolute atomic E-state index is 0.149. The number of nitrogens with one attached hydrogen (secondary N) is 1. The van der Waals surface area contributed by atoms with Crippen LogP contribution >= 0.6 is 0 Å². The number of carbonyl (C=O) groups is 1. The van der Waals surface area contributed by atoms with Crippen LogP contribution in [0.2, 0.25) is 0 Å². The second kappa shape index (κ2) is 8.86. The van der Waals surface area contributed by atoms with Gasteiger partial charge in [-0.25, -0.2) is 4.79 Å². The Morgan fingerprint density at radius 1 is 1.17 bits per heavy atom. The molecule has 0 spiro atoms. The van der Waals surface area contributed by atoms with E-state index in [-0.39, 0.29) is 12.1 Å². The number of ether oxygens (including phenoxy) is 2. The van der Waals surface area contributed by atoms with Crippen LogP contribution in [0.25, 0.3) is 11.4 Å². The number of methoxy groups -OCH3 is 2. The zero-order valence-corrected chi connectivity index (χ0v) is 17.0. The van der Waals surface area contributed by atoms with Crippen LogP contribution in [0.3, 0.4) is 0 Å². The summed E-state index contributed by atoms with van der Waals surface area (Å²) in [6, 6.07) is 14.7. The normalized spacial score (nSPS) is 15.8. The second-order valence-corrected chi connectivity index (χ2v) is 7.05. The molecule has 0 radical (unpaired) electrons. The number of carbonyl (C=O) groups excluding carboxylic acids is 1. The van der Waals surface area contributed by atoms with Gasteiger partial charge in [-0.1, -0.05) is 17.3 Å². The molecule has 3 aromatic rings. The smallest absolute Gasteiger partial charge is 0.318 e. The molecule has 1 saturated heterocycles. The van der Waals surface area contributed by atoms with E-state index in [1.165, 1.54) is 0 Å². The van der Waals surface area contributed by atoms with Gasteiger partial charge in [-0.15, -0.1) is 0 Å². The first-order valence-corrected chi connectivity index (χ1v) is 9.83. The first-order chi connectivity index (χ1) is 14.7. The Labute approximate surface area is 174 Å². The van der Waals surface area contributed by atoms with Crippen molar-refractivity contribution in [3.63, 3.8) is 0 Å². The molecule has 8 nitrogen and oxygen atoms in total. The van der Waals surface area contributed by atoms with E-state index >= 15 is 0 Å². The minimum atomic E-state index is -0.227. The van der Waals surface area contributed by atoms with E-state index in [4.69, 9.17) is 14.0 Å². The highest BCUT2D eigenvalue weighted by Crippen LogP contribution is 2.32. The Morgan fingerprint density at radius 3 is 2.73 bits per heavy atom. The lowest BCUT2D eigenvalue weighted by Gasteiger charge is -2.22. The number of nitrogens with zero attached hydrogens (tertiary/aromatic N) is 3. The molecular formula is C22H24N4O4. The molecule has 0 saturated carbocycles. The topological polar surface area (TPSA) is 89.7 Å². The molecule has 0 unspecified atom stereocenters. The zero-order chi connectivity index (χ0) is 20.9. The maximum Gasteiger partial charge on any atom is 0.318 e. The molecule has 156 valence electrons. The summed E-state index contributed by atoms with van der Waals surface area (Å²) in [5.74, 6) is 2.47. The Kier molecular flexibility index (Phi) is 5.83. The van der Waals surface area contributed by atoms with Gasteiger partial charge < -0.3 is 24.2 Å². The van der Waals surface area contributed by atoms with Crippen LogP contribution in [-0.4, -0.2) is 41.8 Å². The highest BCUT2D eigenvalue weighted by atomic mass is 16.5. The van der Waals surface area contributed by atoms with Crippen molar-refractivity contribution in [1.82, 2.24) is 20.4 Å². The minimum Gasteiger partial charge on any atom is -0.497 e. The summed E-state index contributed by atoms with van der Waals surface area (Å²) in [4.78, 5) is 19.1. The fraction of sp³-hybridized carbons (Fsp3) is 0.318.